The Balaban J connectivity index is 2.21. The maximum Gasteiger partial charge on any atom is 0.270 e. The molecule has 0 atom stereocenters. The van der Waals surface area contributed by atoms with Crippen LogP contribution in [0.5, 0.6) is 0 Å². The van der Waals surface area contributed by atoms with Gasteiger partial charge >= 0.3 is 0 Å². The Morgan fingerprint density at radius 3 is 2.86 bits per heavy atom. The zero-order valence-corrected chi connectivity index (χ0v) is 11.2. The van der Waals surface area contributed by atoms with Crippen molar-refractivity contribution < 1.29 is 13.7 Å². The summed E-state index contributed by atoms with van der Waals surface area (Å²) in [6.07, 6.45) is -1.27. The van der Waals surface area contributed by atoms with E-state index in [-0.39, 0.29) is 17.9 Å². The molecule has 0 unspecified atom stereocenters. The van der Waals surface area contributed by atoms with Crippen molar-refractivity contribution in [2.75, 3.05) is 5.32 Å². The van der Waals surface area contributed by atoms with Gasteiger partial charge in [0.25, 0.3) is 12.1 Å². The monoisotopic (exact) mass is 297 g/mol. The van der Waals surface area contributed by atoms with E-state index in [9.17, 15) is 18.9 Å². The van der Waals surface area contributed by atoms with E-state index in [0.29, 0.717) is 12.4 Å². The highest BCUT2D eigenvalue weighted by atomic mass is 19.3. The molecule has 2 aromatic rings. The van der Waals surface area contributed by atoms with Crippen LogP contribution in [0.15, 0.2) is 24.5 Å². The van der Waals surface area contributed by atoms with E-state index in [2.05, 4.69) is 15.5 Å². The lowest BCUT2D eigenvalue weighted by molar-refractivity contribution is -0.385. The van der Waals surface area contributed by atoms with Crippen LogP contribution in [0.25, 0.3) is 0 Å². The first-order chi connectivity index (χ1) is 10.0. The number of aromatic nitrogens is 3. The van der Waals surface area contributed by atoms with Crippen molar-refractivity contribution in [2.45, 2.75) is 26.4 Å². The number of non-ortho nitro benzene ring substituents is 1. The van der Waals surface area contributed by atoms with Crippen LogP contribution < -0.4 is 5.32 Å². The predicted octanol–water partition coefficient (Wildman–Crippen LogP) is 2.76. The van der Waals surface area contributed by atoms with Crippen LogP contribution in [0.3, 0.4) is 0 Å². The van der Waals surface area contributed by atoms with Gasteiger partial charge in [0.15, 0.2) is 5.82 Å². The van der Waals surface area contributed by atoms with E-state index in [4.69, 9.17) is 0 Å². The van der Waals surface area contributed by atoms with Gasteiger partial charge in [0.1, 0.15) is 6.33 Å². The van der Waals surface area contributed by atoms with E-state index in [1.807, 2.05) is 6.92 Å². The van der Waals surface area contributed by atoms with Gasteiger partial charge in [0.05, 0.1) is 11.5 Å². The summed E-state index contributed by atoms with van der Waals surface area (Å²) >= 11 is 0. The number of anilines is 1. The number of aryl methyl sites for hydroxylation is 1. The topological polar surface area (TPSA) is 85.9 Å². The van der Waals surface area contributed by atoms with Gasteiger partial charge in [-0.3, -0.25) is 10.1 Å². The van der Waals surface area contributed by atoms with E-state index < -0.39 is 16.9 Å². The predicted molar refractivity (Wildman–Crippen MR) is 71.1 cm³/mol. The van der Waals surface area contributed by atoms with Crippen LogP contribution in [0.4, 0.5) is 20.2 Å². The normalized spacial score (nSPS) is 10.9. The van der Waals surface area contributed by atoms with Crippen molar-refractivity contribution in [1.82, 2.24) is 14.8 Å². The standard InChI is InChI=1S/C12H13F2N5O2/c1-2-18-7-16-17-11(18)6-15-10-4-3-8(19(20)21)5-9(10)12(13)14/h3-5,7,12,15H,2,6H2,1H3. The molecule has 0 saturated heterocycles. The number of benzene rings is 1. The average molecular weight is 297 g/mol. The Kier molecular flexibility index (Phi) is 4.41. The summed E-state index contributed by atoms with van der Waals surface area (Å²) in [6, 6.07) is 3.32. The number of nitro benzene ring substituents is 1. The van der Waals surface area contributed by atoms with Crippen LogP contribution >= 0.6 is 0 Å². The molecule has 0 fully saturated rings. The van der Waals surface area contributed by atoms with Gasteiger partial charge in [-0.05, 0) is 13.0 Å². The molecule has 112 valence electrons. The Labute approximate surface area is 118 Å². The minimum atomic E-state index is -2.81. The SMILES string of the molecule is CCn1cnnc1CNc1ccc([N+](=O)[O-])cc1C(F)F. The summed E-state index contributed by atoms with van der Waals surface area (Å²) in [5.41, 5.74) is -0.638. The highest BCUT2D eigenvalue weighted by molar-refractivity contribution is 5.56. The lowest BCUT2D eigenvalue weighted by atomic mass is 10.1. The van der Waals surface area contributed by atoms with Crippen LogP contribution in [0.1, 0.15) is 24.7 Å². The molecule has 9 heteroatoms. The van der Waals surface area contributed by atoms with Crippen LogP contribution in [-0.4, -0.2) is 19.7 Å². The van der Waals surface area contributed by atoms with Gasteiger partial charge in [0.2, 0.25) is 0 Å². The summed E-state index contributed by atoms with van der Waals surface area (Å²) in [4.78, 5) is 9.93. The van der Waals surface area contributed by atoms with Crippen LogP contribution in [0.2, 0.25) is 0 Å². The zero-order valence-electron chi connectivity index (χ0n) is 11.2. The van der Waals surface area contributed by atoms with Gasteiger partial charge in [-0.15, -0.1) is 10.2 Å². The molecular weight excluding hydrogens is 284 g/mol. The van der Waals surface area contributed by atoms with Crippen molar-refractivity contribution >= 4 is 11.4 Å². The Hall–Kier alpha value is -2.58. The first kappa shape index (κ1) is 14.8. The number of nitro groups is 1. The highest BCUT2D eigenvalue weighted by Gasteiger charge is 2.18. The fraction of sp³-hybridized carbons (Fsp3) is 0.333. The molecule has 0 aliphatic heterocycles. The number of halogens is 2. The fourth-order valence-corrected chi connectivity index (χ4v) is 1.86. The summed E-state index contributed by atoms with van der Waals surface area (Å²) in [5, 5.41) is 21.1. The quantitative estimate of drug-likeness (QED) is 0.654. The first-order valence-corrected chi connectivity index (χ1v) is 6.20. The van der Waals surface area contributed by atoms with Gasteiger partial charge < -0.3 is 9.88 Å². The molecule has 1 heterocycles. The molecule has 1 N–H and O–H groups in total. The first-order valence-electron chi connectivity index (χ1n) is 6.20. The molecule has 1 aromatic carbocycles. The molecule has 21 heavy (non-hydrogen) atoms. The van der Waals surface area contributed by atoms with Crippen molar-refractivity contribution in [2.24, 2.45) is 0 Å². The van der Waals surface area contributed by atoms with Crippen molar-refractivity contribution in [1.29, 1.82) is 0 Å². The van der Waals surface area contributed by atoms with Crippen molar-refractivity contribution in [3.05, 3.63) is 46.0 Å². The van der Waals surface area contributed by atoms with Crippen molar-refractivity contribution in [3.63, 3.8) is 0 Å². The summed E-state index contributed by atoms with van der Waals surface area (Å²) in [5.74, 6) is 0.594. The zero-order chi connectivity index (χ0) is 15.4. The molecule has 0 aliphatic carbocycles. The van der Waals surface area contributed by atoms with Gasteiger partial charge in [-0.2, -0.15) is 0 Å². The summed E-state index contributed by atoms with van der Waals surface area (Å²) in [6.45, 7) is 2.76. The maximum absolute atomic E-state index is 13.0. The molecule has 7 nitrogen and oxygen atoms in total. The molecule has 0 amide bonds. The van der Waals surface area contributed by atoms with Crippen LogP contribution in [0, 0.1) is 10.1 Å². The second-order valence-corrected chi connectivity index (χ2v) is 4.22. The second kappa shape index (κ2) is 6.25. The average Bonchev–Trinajstić information content (AvgIpc) is 2.92. The third-order valence-electron chi connectivity index (χ3n) is 2.95. The minimum Gasteiger partial charge on any atom is -0.377 e. The van der Waals surface area contributed by atoms with E-state index in [1.54, 1.807) is 10.9 Å². The van der Waals surface area contributed by atoms with E-state index >= 15 is 0 Å². The van der Waals surface area contributed by atoms with Gasteiger partial charge in [0, 0.05) is 29.9 Å². The third kappa shape index (κ3) is 3.30. The lowest BCUT2D eigenvalue weighted by Gasteiger charge is -2.11. The van der Waals surface area contributed by atoms with Crippen molar-refractivity contribution in [3.8, 4) is 0 Å². The lowest BCUT2D eigenvalue weighted by Crippen LogP contribution is -2.09. The second-order valence-electron chi connectivity index (χ2n) is 4.22. The molecule has 0 aliphatic rings. The number of nitrogens with one attached hydrogen (secondary N) is 1. The Morgan fingerprint density at radius 1 is 1.48 bits per heavy atom. The van der Waals surface area contributed by atoms with Gasteiger partial charge in [-0.25, -0.2) is 8.78 Å². The number of hydrogen-bond donors (Lipinski definition) is 1. The van der Waals surface area contributed by atoms with E-state index in [0.717, 1.165) is 6.07 Å². The fourth-order valence-electron chi connectivity index (χ4n) is 1.86. The number of hydrogen-bond acceptors (Lipinski definition) is 5. The molecular formula is C12H13F2N5O2. The largest absolute Gasteiger partial charge is 0.377 e. The summed E-state index contributed by atoms with van der Waals surface area (Å²) < 4.78 is 27.7. The molecule has 0 spiro atoms. The Bertz CT molecular complexity index is 644. The number of alkyl halides is 2. The molecule has 0 saturated carbocycles. The third-order valence-corrected chi connectivity index (χ3v) is 2.95. The maximum atomic E-state index is 13.0. The molecule has 0 radical (unpaired) electrons. The molecule has 1 aromatic heterocycles. The molecule has 0 bridgehead atoms. The van der Waals surface area contributed by atoms with Gasteiger partial charge in [-0.1, -0.05) is 0 Å². The smallest absolute Gasteiger partial charge is 0.270 e. The Morgan fingerprint density at radius 2 is 2.24 bits per heavy atom. The molecule has 2 rings (SSSR count). The number of rotatable bonds is 6. The van der Waals surface area contributed by atoms with Crippen LogP contribution in [-0.2, 0) is 13.1 Å². The van der Waals surface area contributed by atoms with E-state index in [1.165, 1.54) is 12.1 Å². The summed E-state index contributed by atoms with van der Waals surface area (Å²) in [7, 11) is 0. The number of nitrogens with zero attached hydrogens (tertiary/aromatic N) is 4. The highest BCUT2D eigenvalue weighted by Crippen LogP contribution is 2.30. The minimum absolute atomic E-state index is 0.140.